The molecule has 0 amide bonds. The van der Waals surface area contributed by atoms with Gasteiger partial charge in [0.05, 0.1) is 24.1 Å². The lowest BCUT2D eigenvalue weighted by atomic mass is 9.98. The number of para-hydroxylation sites is 1. The number of rotatable bonds is 4. The van der Waals surface area contributed by atoms with Crippen molar-refractivity contribution in [3.8, 4) is 0 Å². The maximum atomic E-state index is 13.2. The maximum Gasteiger partial charge on any atom is 0.306 e. The summed E-state index contributed by atoms with van der Waals surface area (Å²) in [6.45, 7) is 4.08. The van der Waals surface area contributed by atoms with Crippen molar-refractivity contribution in [1.29, 1.82) is 0 Å². The molecule has 1 aliphatic heterocycles. The molecule has 25 heavy (non-hydrogen) atoms. The van der Waals surface area contributed by atoms with Gasteiger partial charge in [-0.2, -0.15) is 0 Å². The van der Waals surface area contributed by atoms with Crippen molar-refractivity contribution in [1.82, 2.24) is 0 Å². The molecular formula is C19H21NO4S. The zero-order chi connectivity index (χ0) is 18.2. The van der Waals surface area contributed by atoms with Crippen LogP contribution in [0.1, 0.15) is 29.0 Å². The van der Waals surface area contributed by atoms with Crippen LogP contribution in [0.5, 0.6) is 0 Å². The molecule has 0 aromatic heterocycles. The Bertz CT molecular complexity index is 921. The normalized spacial score (nSPS) is 16.6. The van der Waals surface area contributed by atoms with Crippen LogP contribution in [-0.4, -0.2) is 28.0 Å². The van der Waals surface area contributed by atoms with E-state index in [0.717, 1.165) is 16.7 Å². The van der Waals surface area contributed by atoms with Crippen LogP contribution in [0.4, 0.5) is 5.69 Å². The number of fused-ring (bicyclic) bond motifs is 1. The number of esters is 1. The number of benzene rings is 2. The summed E-state index contributed by atoms with van der Waals surface area (Å²) in [5.41, 5.74) is 3.47. The fraction of sp³-hybridized carbons (Fsp3) is 0.316. The van der Waals surface area contributed by atoms with Gasteiger partial charge in [-0.15, -0.1) is 0 Å². The molecule has 0 radical (unpaired) electrons. The van der Waals surface area contributed by atoms with Gasteiger partial charge in [-0.05, 0) is 48.7 Å². The van der Waals surface area contributed by atoms with Gasteiger partial charge in [0.2, 0.25) is 0 Å². The Morgan fingerprint density at radius 2 is 1.88 bits per heavy atom. The molecule has 132 valence electrons. The van der Waals surface area contributed by atoms with E-state index in [4.69, 9.17) is 4.74 Å². The smallest absolute Gasteiger partial charge is 0.306 e. The fourth-order valence-electron chi connectivity index (χ4n) is 3.14. The van der Waals surface area contributed by atoms with Crippen LogP contribution in [0.2, 0.25) is 0 Å². The minimum absolute atomic E-state index is 0.159. The molecule has 0 aliphatic carbocycles. The van der Waals surface area contributed by atoms with Crippen LogP contribution in [0, 0.1) is 13.8 Å². The Balaban J connectivity index is 2.02. The first-order valence-electron chi connectivity index (χ1n) is 8.10. The predicted molar refractivity (Wildman–Crippen MR) is 96.3 cm³/mol. The number of sulfonamides is 1. The van der Waals surface area contributed by atoms with Crippen LogP contribution in [0.3, 0.4) is 0 Å². The van der Waals surface area contributed by atoms with Gasteiger partial charge in [0, 0.05) is 12.5 Å². The molecular weight excluding hydrogens is 338 g/mol. The molecule has 1 atom stereocenters. The number of hydrogen-bond donors (Lipinski definition) is 0. The Hall–Kier alpha value is -2.34. The number of carbonyl (C=O) groups excluding carboxylic acids is 1. The molecule has 0 N–H and O–H groups in total. The van der Waals surface area contributed by atoms with Gasteiger partial charge in [-0.1, -0.05) is 24.3 Å². The fourth-order valence-corrected chi connectivity index (χ4v) is 4.77. The summed E-state index contributed by atoms with van der Waals surface area (Å²) in [5, 5.41) is 0. The molecule has 1 heterocycles. The second kappa shape index (κ2) is 6.52. The summed E-state index contributed by atoms with van der Waals surface area (Å²) in [5.74, 6) is -0.546. The van der Waals surface area contributed by atoms with E-state index in [-0.39, 0.29) is 29.7 Å². The van der Waals surface area contributed by atoms with E-state index in [2.05, 4.69) is 0 Å². The highest BCUT2D eigenvalue weighted by molar-refractivity contribution is 7.92. The summed E-state index contributed by atoms with van der Waals surface area (Å²) < 4.78 is 32.5. The summed E-state index contributed by atoms with van der Waals surface area (Å²) >= 11 is 0. The first-order chi connectivity index (χ1) is 11.8. The molecule has 0 saturated heterocycles. The van der Waals surface area contributed by atoms with Crippen LogP contribution in [0.25, 0.3) is 0 Å². The maximum absolute atomic E-state index is 13.2. The van der Waals surface area contributed by atoms with Crippen molar-refractivity contribution in [3.05, 3.63) is 59.2 Å². The summed E-state index contributed by atoms with van der Waals surface area (Å²) in [4.78, 5) is 12.0. The van der Waals surface area contributed by atoms with Gasteiger partial charge in [-0.3, -0.25) is 9.10 Å². The van der Waals surface area contributed by atoms with E-state index in [1.165, 1.54) is 11.4 Å². The Morgan fingerprint density at radius 1 is 1.16 bits per heavy atom. The number of methoxy groups -OCH3 is 1. The average Bonchev–Trinajstić information content (AvgIpc) is 2.96. The number of anilines is 1. The molecule has 1 aliphatic rings. The van der Waals surface area contributed by atoms with E-state index in [0.29, 0.717) is 5.69 Å². The van der Waals surface area contributed by atoms with Crippen molar-refractivity contribution in [2.24, 2.45) is 0 Å². The third kappa shape index (κ3) is 3.14. The zero-order valence-electron chi connectivity index (χ0n) is 14.5. The molecule has 0 saturated carbocycles. The van der Waals surface area contributed by atoms with Gasteiger partial charge in [0.15, 0.2) is 0 Å². The van der Waals surface area contributed by atoms with E-state index in [1.807, 2.05) is 38.1 Å². The first kappa shape index (κ1) is 17.5. The minimum atomic E-state index is -3.69. The Labute approximate surface area is 148 Å². The molecule has 3 rings (SSSR count). The highest BCUT2D eigenvalue weighted by Gasteiger charge is 2.37. The summed E-state index contributed by atoms with van der Waals surface area (Å²) in [7, 11) is -2.35. The second-order valence-electron chi connectivity index (χ2n) is 6.32. The number of aryl methyl sites for hydroxylation is 2. The molecule has 0 fully saturated rings. The molecule has 0 bridgehead atoms. The lowest BCUT2D eigenvalue weighted by Crippen LogP contribution is -2.30. The first-order valence-corrected chi connectivity index (χ1v) is 9.54. The molecule has 0 spiro atoms. The van der Waals surface area contributed by atoms with Crippen molar-refractivity contribution >= 4 is 21.7 Å². The van der Waals surface area contributed by atoms with E-state index in [9.17, 15) is 13.2 Å². The van der Waals surface area contributed by atoms with E-state index >= 15 is 0 Å². The van der Waals surface area contributed by atoms with Crippen LogP contribution >= 0.6 is 0 Å². The number of nitrogens with zero attached hydrogens (tertiary/aromatic N) is 1. The van der Waals surface area contributed by atoms with Crippen molar-refractivity contribution in [2.75, 3.05) is 18.0 Å². The van der Waals surface area contributed by atoms with Crippen molar-refractivity contribution in [3.63, 3.8) is 0 Å². The van der Waals surface area contributed by atoms with Crippen molar-refractivity contribution in [2.45, 2.75) is 31.1 Å². The summed E-state index contributed by atoms with van der Waals surface area (Å²) in [6, 6.07) is 12.5. The Kier molecular flexibility index (Phi) is 4.56. The lowest BCUT2D eigenvalue weighted by Gasteiger charge is -2.20. The van der Waals surface area contributed by atoms with Crippen LogP contribution in [-0.2, 0) is 19.6 Å². The topological polar surface area (TPSA) is 63.7 Å². The molecule has 2 aromatic rings. The van der Waals surface area contributed by atoms with Gasteiger partial charge in [0.25, 0.3) is 10.0 Å². The summed E-state index contributed by atoms with van der Waals surface area (Å²) in [6.07, 6.45) is 0.159. The number of carbonyl (C=O) groups is 1. The van der Waals surface area contributed by atoms with Gasteiger partial charge >= 0.3 is 5.97 Å². The highest BCUT2D eigenvalue weighted by atomic mass is 32.2. The Morgan fingerprint density at radius 3 is 2.56 bits per heavy atom. The quantitative estimate of drug-likeness (QED) is 0.787. The second-order valence-corrected chi connectivity index (χ2v) is 8.18. The van der Waals surface area contributed by atoms with E-state index < -0.39 is 10.0 Å². The van der Waals surface area contributed by atoms with Crippen molar-refractivity contribution < 1.29 is 17.9 Å². The van der Waals surface area contributed by atoms with Crippen LogP contribution < -0.4 is 4.31 Å². The predicted octanol–water partition coefficient (Wildman–Crippen LogP) is 3.16. The van der Waals surface area contributed by atoms with Crippen LogP contribution in [0.15, 0.2) is 47.4 Å². The minimum Gasteiger partial charge on any atom is -0.469 e. The van der Waals surface area contributed by atoms with Gasteiger partial charge in [-0.25, -0.2) is 8.42 Å². The lowest BCUT2D eigenvalue weighted by molar-refractivity contribution is -0.140. The third-order valence-corrected chi connectivity index (χ3v) is 6.51. The highest BCUT2D eigenvalue weighted by Crippen LogP contribution is 2.41. The number of ether oxygens (including phenoxy) is 1. The van der Waals surface area contributed by atoms with Gasteiger partial charge in [0.1, 0.15) is 0 Å². The zero-order valence-corrected chi connectivity index (χ0v) is 15.3. The monoisotopic (exact) mass is 359 g/mol. The third-order valence-electron chi connectivity index (χ3n) is 4.74. The molecule has 2 aromatic carbocycles. The molecule has 5 nitrogen and oxygen atoms in total. The average molecular weight is 359 g/mol. The SMILES string of the molecule is COC(=O)CC1CN(S(=O)(=O)c2ccc(C)c(C)c2)c2ccccc21. The van der Waals surface area contributed by atoms with E-state index in [1.54, 1.807) is 18.2 Å². The largest absolute Gasteiger partial charge is 0.469 e. The van der Waals surface area contributed by atoms with Gasteiger partial charge < -0.3 is 4.74 Å². The number of hydrogen-bond acceptors (Lipinski definition) is 4. The molecule has 6 heteroatoms. The molecule has 1 unspecified atom stereocenters. The standard InChI is InChI=1S/C19H21NO4S/c1-13-8-9-16(10-14(13)2)25(22,23)20-12-15(11-19(21)24-3)17-6-4-5-7-18(17)20/h4-10,15H,11-12H2,1-3H3.